The Morgan fingerprint density at radius 2 is 2.12 bits per heavy atom. The van der Waals surface area contributed by atoms with Gasteiger partial charge in [0, 0.05) is 26.2 Å². The van der Waals surface area contributed by atoms with Crippen molar-refractivity contribution in [1.82, 2.24) is 15.6 Å². The number of hydrogen-bond acceptors (Lipinski definition) is 3. The predicted octanol–water partition coefficient (Wildman–Crippen LogP) is 1.25. The number of rotatable bonds is 4. The smallest absolute Gasteiger partial charge is 0.252 e. The van der Waals surface area contributed by atoms with Crippen molar-refractivity contribution in [2.75, 3.05) is 13.6 Å². The lowest BCUT2D eigenvalue weighted by Crippen LogP contribution is -2.29. The van der Waals surface area contributed by atoms with Crippen LogP contribution in [0.1, 0.15) is 16.8 Å². The van der Waals surface area contributed by atoms with Crippen LogP contribution in [0.3, 0.4) is 0 Å². The van der Waals surface area contributed by atoms with Gasteiger partial charge in [0.15, 0.2) is 0 Å². The van der Waals surface area contributed by atoms with Crippen molar-refractivity contribution in [2.24, 2.45) is 0 Å². The summed E-state index contributed by atoms with van der Waals surface area (Å²) < 4.78 is 0. The number of amides is 2. The molecule has 17 heavy (non-hydrogen) atoms. The number of carbonyl (C=O) groups excluding carboxylic acids is 2. The van der Waals surface area contributed by atoms with Crippen LogP contribution in [0.25, 0.3) is 0 Å². The zero-order valence-electron chi connectivity index (χ0n) is 9.09. The van der Waals surface area contributed by atoms with Crippen molar-refractivity contribution in [3.63, 3.8) is 0 Å². The zero-order chi connectivity index (χ0) is 12.8. The Balaban J connectivity index is 2.52. The zero-order valence-corrected chi connectivity index (χ0v) is 10.6. The van der Waals surface area contributed by atoms with E-state index in [1.54, 1.807) is 0 Å². The lowest BCUT2D eigenvalue weighted by Gasteiger charge is -2.05. The molecule has 1 aromatic heterocycles. The highest BCUT2D eigenvalue weighted by Crippen LogP contribution is 2.19. The summed E-state index contributed by atoms with van der Waals surface area (Å²) in [5.74, 6) is -0.488. The van der Waals surface area contributed by atoms with E-state index >= 15 is 0 Å². The average molecular weight is 276 g/mol. The van der Waals surface area contributed by atoms with Crippen molar-refractivity contribution in [1.29, 1.82) is 0 Å². The van der Waals surface area contributed by atoms with Crippen LogP contribution in [-0.2, 0) is 4.79 Å². The van der Waals surface area contributed by atoms with Gasteiger partial charge >= 0.3 is 0 Å². The molecule has 5 nitrogen and oxygen atoms in total. The quantitative estimate of drug-likeness (QED) is 0.813. The molecule has 0 spiro atoms. The molecule has 92 valence electrons. The van der Waals surface area contributed by atoms with Crippen molar-refractivity contribution in [3.8, 4) is 0 Å². The molecule has 0 atom stereocenters. The molecular weight excluding hydrogens is 265 g/mol. The first-order chi connectivity index (χ1) is 8.04. The summed E-state index contributed by atoms with van der Waals surface area (Å²) in [6, 6.07) is 1.42. The molecule has 0 saturated carbocycles. The number of hydrogen-bond donors (Lipinski definition) is 2. The summed E-state index contributed by atoms with van der Waals surface area (Å²) in [6.45, 7) is 0.249. The molecule has 1 rings (SSSR count). The molecule has 1 heterocycles. The Kier molecular flexibility index (Phi) is 5.18. The maximum Gasteiger partial charge on any atom is 0.252 e. The SMILES string of the molecule is CNC(=O)CCNC(=O)c1cnc(Cl)c(Cl)c1. The van der Waals surface area contributed by atoms with Gasteiger partial charge in [-0.25, -0.2) is 4.98 Å². The summed E-state index contributed by atoms with van der Waals surface area (Å²) in [5, 5.41) is 5.38. The maximum absolute atomic E-state index is 11.6. The van der Waals surface area contributed by atoms with Crippen LogP contribution in [0.15, 0.2) is 12.3 Å². The van der Waals surface area contributed by atoms with E-state index in [9.17, 15) is 9.59 Å². The fourth-order valence-corrected chi connectivity index (χ4v) is 1.33. The van der Waals surface area contributed by atoms with Crippen LogP contribution >= 0.6 is 23.2 Å². The topological polar surface area (TPSA) is 71.1 Å². The minimum absolute atomic E-state index is 0.141. The van der Waals surface area contributed by atoms with E-state index in [0.29, 0.717) is 5.56 Å². The number of nitrogens with one attached hydrogen (secondary N) is 2. The number of aromatic nitrogens is 1. The molecule has 0 aromatic carbocycles. The second-order valence-corrected chi connectivity index (χ2v) is 3.94. The summed E-state index contributed by atoms with van der Waals surface area (Å²) in [7, 11) is 1.53. The molecule has 0 fully saturated rings. The van der Waals surface area contributed by atoms with E-state index in [1.165, 1.54) is 19.3 Å². The first kappa shape index (κ1) is 13.7. The van der Waals surface area contributed by atoms with Crippen LogP contribution in [0.4, 0.5) is 0 Å². The van der Waals surface area contributed by atoms with E-state index < -0.39 is 0 Å². The van der Waals surface area contributed by atoms with Crippen LogP contribution < -0.4 is 10.6 Å². The van der Waals surface area contributed by atoms with Crippen molar-refractivity contribution in [2.45, 2.75) is 6.42 Å². The lowest BCUT2D eigenvalue weighted by molar-refractivity contribution is -0.120. The van der Waals surface area contributed by atoms with Gasteiger partial charge < -0.3 is 10.6 Å². The standard InChI is InChI=1S/C10H11Cl2N3O2/c1-13-8(16)2-3-14-10(17)6-4-7(11)9(12)15-5-6/h4-5H,2-3H2,1H3,(H,13,16)(H,14,17). The van der Waals surface area contributed by atoms with Crippen LogP contribution in [-0.4, -0.2) is 30.4 Å². The molecular formula is C10H11Cl2N3O2. The van der Waals surface area contributed by atoms with Crippen LogP contribution in [0.2, 0.25) is 10.2 Å². The number of carbonyl (C=O) groups is 2. The first-order valence-electron chi connectivity index (χ1n) is 4.84. The second-order valence-electron chi connectivity index (χ2n) is 3.18. The fraction of sp³-hybridized carbons (Fsp3) is 0.300. The van der Waals surface area contributed by atoms with Gasteiger partial charge in [0.1, 0.15) is 5.15 Å². The molecule has 0 bridgehead atoms. The number of pyridine rings is 1. The number of halogens is 2. The second kappa shape index (κ2) is 6.42. The normalized spacial score (nSPS) is 9.82. The van der Waals surface area contributed by atoms with E-state index in [2.05, 4.69) is 15.6 Å². The Hall–Kier alpha value is -1.33. The Labute approximate surface area is 109 Å². The van der Waals surface area contributed by atoms with Crippen molar-refractivity contribution in [3.05, 3.63) is 28.0 Å². The molecule has 2 amide bonds. The predicted molar refractivity (Wildman–Crippen MR) is 65.3 cm³/mol. The van der Waals surface area contributed by atoms with Gasteiger partial charge in [0.2, 0.25) is 5.91 Å². The van der Waals surface area contributed by atoms with Crippen LogP contribution in [0.5, 0.6) is 0 Å². The summed E-state index contributed by atoms with van der Waals surface area (Å²) in [6.07, 6.45) is 1.54. The van der Waals surface area contributed by atoms with Gasteiger partial charge in [0.05, 0.1) is 10.6 Å². The highest BCUT2D eigenvalue weighted by molar-refractivity contribution is 6.41. The van der Waals surface area contributed by atoms with E-state index in [-0.39, 0.29) is 35.0 Å². The highest BCUT2D eigenvalue weighted by atomic mass is 35.5. The fourth-order valence-electron chi connectivity index (χ4n) is 1.06. The van der Waals surface area contributed by atoms with Gasteiger partial charge in [-0.05, 0) is 6.07 Å². The highest BCUT2D eigenvalue weighted by Gasteiger charge is 2.09. The average Bonchev–Trinajstić information content (AvgIpc) is 2.32. The van der Waals surface area contributed by atoms with Crippen LogP contribution in [0, 0.1) is 0 Å². The third-order valence-electron chi connectivity index (χ3n) is 1.97. The lowest BCUT2D eigenvalue weighted by atomic mass is 10.2. The molecule has 1 aromatic rings. The van der Waals surface area contributed by atoms with E-state index in [4.69, 9.17) is 23.2 Å². The van der Waals surface area contributed by atoms with Crippen molar-refractivity contribution >= 4 is 35.0 Å². The number of nitrogens with zero attached hydrogens (tertiary/aromatic N) is 1. The van der Waals surface area contributed by atoms with E-state index in [1.807, 2.05) is 0 Å². The third kappa shape index (κ3) is 4.20. The third-order valence-corrected chi connectivity index (χ3v) is 2.66. The maximum atomic E-state index is 11.6. The monoisotopic (exact) mass is 275 g/mol. The molecule has 0 aliphatic carbocycles. The Morgan fingerprint density at radius 1 is 1.41 bits per heavy atom. The Morgan fingerprint density at radius 3 is 2.71 bits per heavy atom. The van der Waals surface area contributed by atoms with Gasteiger partial charge in [-0.1, -0.05) is 23.2 Å². The van der Waals surface area contributed by atoms with Crippen molar-refractivity contribution < 1.29 is 9.59 Å². The van der Waals surface area contributed by atoms with Gasteiger partial charge in [-0.3, -0.25) is 9.59 Å². The molecule has 7 heteroatoms. The van der Waals surface area contributed by atoms with E-state index in [0.717, 1.165) is 0 Å². The van der Waals surface area contributed by atoms with Gasteiger partial charge in [-0.2, -0.15) is 0 Å². The molecule has 0 aliphatic rings. The molecule has 2 N–H and O–H groups in total. The first-order valence-corrected chi connectivity index (χ1v) is 5.60. The molecule has 0 radical (unpaired) electrons. The minimum atomic E-state index is -0.347. The Bertz CT molecular complexity index is 438. The summed E-state index contributed by atoms with van der Waals surface area (Å²) >= 11 is 11.3. The van der Waals surface area contributed by atoms with Gasteiger partial charge in [0.25, 0.3) is 5.91 Å². The molecule has 0 aliphatic heterocycles. The summed E-state index contributed by atoms with van der Waals surface area (Å²) in [4.78, 5) is 26.3. The minimum Gasteiger partial charge on any atom is -0.359 e. The largest absolute Gasteiger partial charge is 0.359 e. The molecule has 0 saturated heterocycles. The summed E-state index contributed by atoms with van der Waals surface area (Å²) in [5.41, 5.74) is 0.302. The molecule has 0 unspecified atom stereocenters. The van der Waals surface area contributed by atoms with Gasteiger partial charge in [-0.15, -0.1) is 0 Å².